The Kier molecular flexibility index (Phi) is 4.97. The van der Waals surface area contributed by atoms with Crippen molar-refractivity contribution in [1.82, 2.24) is 14.7 Å². The molecule has 1 unspecified atom stereocenters. The summed E-state index contributed by atoms with van der Waals surface area (Å²) in [6.07, 6.45) is 2.29. The van der Waals surface area contributed by atoms with Crippen LogP contribution >= 0.6 is 28.1 Å². The molecule has 1 aromatic rings. The zero-order chi connectivity index (χ0) is 14.0. The summed E-state index contributed by atoms with van der Waals surface area (Å²) in [6.45, 7) is 8.04. The fourth-order valence-electron chi connectivity index (χ4n) is 2.66. The third-order valence-electron chi connectivity index (χ3n) is 3.73. The van der Waals surface area contributed by atoms with Gasteiger partial charge in [-0.1, -0.05) is 12.2 Å². The van der Waals surface area contributed by atoms with Crippen LogP contribution in [-0.4, -0.2) is 32.8 Å². The summed E-state index contributed by atoms with van der Waals surface area (Å²) in [7, 11) is 0. The average molecular weight is 345 g/mol. The standard InChI is InChI=1S/C13H21BrN4S/c1-3-18-11(12(14)9(2)16-18)8-17-6-4-5-10(7-17)13(15)19/h10H,3-8H2,1-2H3,(H2,15,19). The summed E-state index contributed by atoms with van der Waals surface area (Å²) in [5.41, 5.74) is 8.10. The van der Waals surface area contributed by atoms with E-state index in [9.17, 15) is 0 Å². The number of halogens is 1. The van der Waals surface area contributed by atoms with Crippen molar-refractivity contribution in [2.45, 2.75) is 39.8 Å². The minimum atomic E-state index is 0.363. The monoisotopic (exact) mass is 344 g/mol. The van der Waals surface area contributed by atoms with Crippen molar-refractivity contribution in [2.24, 2.45) is 11.7 Å². The molecule has 0 aromatic carbocycles. The van der Waals surface area contributed by atoms with Gasteiger partial charge in [0.05, 0.1) is 20.8 Å². The molecule has 2 heterocycles. The van der Waals surface area contributed by atoms with Gasteiger partial charge in [-0.2, -0.15) is 5.10 Å². The first kappa shape index (κ1) is 14.9. The minimum absolute atomic E-state index is 0.363. The summed E-state index contributed by atoms with van der Waals surface area (Å²) in [4.78, 5) is 3.09. The van der Waals surface area contributed by atoms with Crippen molar-refractivity contribution >= 4 is 33.1 Å². The normalized spacial score (nSPS) is 20.7. The molecule has 106 valence electrons. The molecular formula is C13H21BrN4S. The van der Waals surface area contributed by atoms with Crippen molar-refractivity contribution in [2.75, 3.05) is 13.1 Å². The molecule has 6 heteroatoms. The highest BCUT2D eigenvalue weighted by atomic mass is 79.9. The largest absolute Gasteiger partial charge is 0.393 e. The predicted molar refractivity (Wildman–Crippen MR) is 85.1 cm³/mol. The van der Waals surface area contributed by atoms with Crippen molar-refractivity contribution in [3.8, 4) is 0 Å². The van der Waals surface area contributed by atoms with Crippen LogP contribution in [-0.2, 0) is 13.1 Å². The van der Waals surface area contributed by atoms with E-state index in [0.717, 1.165) is 42.8 Å². The quantitative estimate of drug-likeness (QED) is 0.852. The number of aromatic nitrogens is 2. The molecule has 0 saturated carbocycles. The molecule has 0 radical (unpaired) electrons. The van der Waals surface area contributed by atoms with E-state index in [1.165, 1.54) is 12.1 Å². The van der Waals surface area contributed by atoms with Crippen LogP contribution in [0.4, 0.5) is 0 Å². The highest BCUT2D eigenvalue weighted by Crippen LogP contribution is 2.25. The van der Waals surface area contributed by atoms with Crippen LogP contribution in [0.2, 0.25) is 0 Å². The maximum Gasteiger partial charge on any atom is 0.0771 e. The second kappa shape index (κ2) is 6.33. The van der Waals surface area contributed by atoms with Gasteiger partial charge in [0.1, 0.15) is 0 Å². The SMILES string of the molecule is CCn1nc(C)c(Br)c1CN1CCCC(C(N)=S)C1. The van der Waals surface area contributed by atoms with Crippen LogP contribution in [0, 0.1) is 12.8 Å². The van der Waals surface area contributed by atoms with E-state index in [1.54, 1.807) is 0 Å². The fourth-order valence-corrected chi connectivity index (χ4v) is 3.26. The molecule has 0 aliphatic carbocycles. The maximum absolute atomic E-state index is 5.79. The first-order valence-corrected chi connectivity index (χ1v) is 7.96. The average Bonchev–Trinajstić information content (AvgIpc) is 2.67. The number of aryl methyl sites for hydroxylation is 2. The molecule has 19 heavy (non-hydrogen) atoms. The van der Waals surface area contributed by atoms with Crippen LogP contribution in [0.15, 0.2) is 4.47 Å². The van der Waals surface area contributed by atoms with Crippen molar-refractivity contribution in [3.05, 3.63) is 15.9 Å². The Morgan fingerprint density at radius 2 is 2.32 bits per heavy atom. The Hall–Kier alpha value is -0.460. The van der Waals surface area contributed by atoms with Crippen molar-refractivity contribution in [1.29, 1.82) is 0 Å². The molecule has 1 fully saturated rings. The van der Waals surface area contributed by atoms with E-state index < -0.39 is 0 Å². The Morgan fingerprint density at radius 3 is 2.95 bits per heavy atom. The second-order valence-electron chi connectivity index (χ2n) is 5.14. The van der Waals surface area contributed by atoms with E-state index in [0.29, 0.717) is 10.9 Å². The topological polar surface area (TPSA) is 47.1 Å². The zero-order valence-corrected chi connectivity index (χ0v) is 13.9. The van der Waals surface area contributed by atoms with Gasteiger partial charge in [-0.3, -0.25) is 9.58 Å². The van der Waals surface area contributed by atoms with Crippen LogP contribution in [0.3, 0.4) is 0 Å². The maximum atomic E-state index is 5.79. The highest BCUT2D eigenvalue weighted by molar-refractivity contribution is 9.10. The van der Waals surface area contributed by atoms with Gasteiger partial charge in [0.15, 0.2) is 0 Å². The molecule has 4 nitrogen and oxygen atoms in total. The molecule has 0 spiro atoms. The lowest BCUT2D eigenvalue weighted by molar-refractivity contribution is 0.192. The predicted octanol–water partition coefficient (Wildman–Crippen LogP) is 2.47. The van der Waals surface area contributed by atoms with Gasteiger partial charge in [0.2, 0.25) is 0 Å². The number of piperidine rings is 1. The summed E-state index contributed by atoms with van der Waals surface area (Å²) < 4.78 is 3.20. The molecule has 2 N–H and O–H groups in total. The smallest absolute Gasteiger partial charge is 0.0771 e. The lowest BCUT2D eigenvalue weighted by Gasteiger charge is -2.32. The van der Waals surface area contributed by atoms with E-state index >= 15 is 0 Å². The van der Waals surface area contributed by atoms with Gasteiger partial charge in [-0.15, -0.1) is 0 Å². The van der Waals surface area contributed by atoms with E-state index in [-0.39, 0.29) is 0 Å². The Morgan fingerprint density at radius 1 is 1.58 bits per heavy atom. The summed E-state index contributed by atoms with van der Waals surface area (Å²) >= 11 is 8.79. The zero-order valence-electron chi connectivity index (χ0n) is 11.5. The third kappa shape index (κ3) is 3.35. The van der Waals surface area contributed by atoms with E-state index in [2.05, 4.69) is 37.5 Å². The molecular weight excluding hydrogens is 324 g/mol. The van der Waals surface area contributed by atoms with Crippen LogP contribution < -0.4 is 5.73 Å². The highest BCUT2D eigenvalue weighted by Gasteiger charge is 2.24. The number of rotatable bonds is 4. The Labute approximate surface area is 128 Å². The summed E-state index contributed by atoms with van der Waals surface area (Å²) in [6, 6.07) is 0. The Balaban J connectivity index is 2.10. The van der Waals surface area contributed by atoms with Gasteiger partial charge in [0.25, 0.3) is 0 Å². The van der Waals surface area contributed by atoms with Crippen LogP contribution in [0.25, 0.3) is 0 Å². The fraction of sp³-hybridized carbons (Fsp3) is 0.692. The van der Waals surface area contributed by atoms with Crippen LogP contribution in [0.5, 0.6) is 0 Å². The Bertz CT molecular complexity index is 471. The lowest BCUT2D eigenvalue weighted by atomic mass is 9.98. The molecule has 0 bridgehead atoms. The number of nitrogens with two attached hydrogens (primary N) is 1. The molecule has 0 amide bonds. The number of hydrogen-bond acceptors (Lipinski definition) is 3. The van der Waals surface area contributed by atoms with Gasteiger partial charge < -0.3 is 5.73 Å². The second-order valence-corrected chi connectivity index (χ2v) is 6.40. The van der Waals surface area contributed by atoms with Gasteiger partial charge in [-0.05, 0) is 49.2 Å². The molecule has 2 rings (SSSR count). The van der Waals surface area contributed by atoms with Gasteiger partial charge in [-0.25, -0.2) is 0 Å². The van der Waals surface area contributed by atoms with E-state index in [1.807, 2.05) is 6.92 Å². The molecule has 1 atom stereocenters. The number of thiocarbonyl (C=S) groups is 1. The first-order valence-electron chi connectivity index (χ1n) is 6.76. The van der Waals surface area contributed by atoms with Crippen LogP contribution in [0.1, 0.15) is 31.2 Å². The van der Waals surface area contributed by atoms with E-state index in [4.69, 9.17) is 18.0 Å². The lowest BCUT2D eigenvalue weighted by Crippen LogP contribution is -2.40. The molecule has 1 aliphatic heterocycles. The summed E-state index contributed by atoms with van der Waals surface area (Å²) in [5, 5.41) is 4.54. The number of likely N-dealkylation sites (tertiary alicyclic amines) is 1. The molecule has 1 saturated heterocycles. The summed E-state index contributed by atoms with van der Waals surface area (Å²) in [5.74, 6) is 0.363. The van der Waals surface area contributed by atoms with Crippen molar-refractivity contribution < 1.29 is 0 Å². The van der Waals surface area contributed by atoms with Gasteiger partial charge >= 0.3 is 0 Å². The minimum Gasteiger partial charge on any atom is -0.393 e. The van der Waals surface area contributed by atoms with Crippen molar-refractivity contribution in [3.63, 3.8) is 0 Å². The third-order valence-corrected chi connectivity index (χ3v) is 5.10. The molecule has 1 aromatic heterocycles. The first-order chi connectivity index (χ1) is 9.02. The van der Waals surface area contributed by atoms with Gasteiger partial charge in [0, 0.05) is 25.6 Å². The molecule has 1 aliphatic rings. The number of hydrogen-bond donors (Lipinski definition) is 1. The number of nitrogens with zero attached hydrogens (tertiary/aromatic N) is 3.